The van der Waals surface area contributed by atoms with E-state index in [1.54, 1.807) is 0 Å². The number of esters is 1. The standard InChI is InChI=1S/C19H23NO3/c1-3-9-23-18-8-7-16(12-17(18)13-20)15-6-4-5-14(10-15)11-19(21)22-2/h4-8,10,12H,3,9,11,13,20H2,1-2H3. The minimum atomic E-state index is -0.242. The zero-order chi connectivity index (χ0) is 16.7. The van der Waals surface area contributed by atoms with Gasteiger partial charge in [0.15, 0.2) is 0 Å². The molecule has 2 aromatic rings. The van der Waals surface area contributed by atoms with Crippen LogP contribution in [0, 0.1) is 0 Å². The van der Waals surface area contributed by atoms with Gasteiger partial charge in [-0.25, -0.2) is 0 Å². The summed E-state index contributed by atoms with van der Waals surface area (Å²) in [6, 6.07) is 13.9. The summed E-state index contributed by atoms with van der Waals surface area (Å²) in [7, 11) is 1.40. The summed E-state index contributed by atoms with van der Waals surface area (Å²) in [5.41, 5.74) is 9.85. The molecule has 0 aliphatic rings. The summed E-state index contributed by atoms with van der Waals surface area (Å²) in [6.07, 6.45) is 1.23. The Balaban J connectivity index is 2.27. The predicted octanol–water partition coefficient (Wildman–Crippen LogP) is 3.32. The van der Waals surface area contributed by atoms with Crippen LogP contribution in [0.25, 0.3) is 11.1 Å². The van der Waals surface area contributed by atoms with E-state index in [9.17, 15) is 4.79 Å². The first-order chi connectivity index (χ1) is 11.2. The summed E-state index contributed by atoms with van der Waals surface area (Å²) in [6.45, 7) is 3.18. The third-order valence-electron chi connectivity index (χ3n) is 3.58. The van der Waals surface area contributed by atoms with Gasteiger partial charge in [0.25, 0.3) is 0 Å². The van der Waals surface area contributed by atoms with Gasteiger partial charge in [0.05, 0.1) is 20.1 Å². The summed E-state index contributed by atoms with van der Waals surface area (Å²) < 4.78 is 10.4. The Labute approximate surface area is 137 Å². The Morgan fingerprint density at radius 2 is 1.91 bits per heavy atom. The Morgan fingerprint density at radius 1 is 1.13 bits per heavy atom. The average Bonchev–Trinajstić information content (AvgIpc) is 2.59. The normalized spacial score (nSPS) is 10.4. The van der Waals surface area contributed by atoms with Crippen molar-refractivity contribution in [2.24, 2.45) is 5.73 Å². The van der Waals surface area contributed by atoms with Crippen molar-refractivity contribution in [1.82, 2.24) is 0 Å². The molecule has 0 saturated carbocycles. The molecule has 0 spiro atoms. The minimum Gasteiger partial charge on any atom is -0.493 e. The molecule has 0 heterocycles. The van der Waals surface area contributed by atoms with Crippen LogP contribution < -0.4 is 10.5 Å². The lowest BCUT2D eigenvalue weighted by atomic mass is 9.99. The number of methoxy groups -OCH3 is 1. The maximum atomic E-state index is 11.4. The number of rotatable bonds is 7. The smallest absolute Gasteiger partial charge is 0.309 e. The number of carbonyl (C=O) groups excluding carboxylic acids is 1. The fraction of sp³-hybridized carbons (Fsp3) is 0.316. The first kappa shape index (κ1) is 17.0. The molecule has 122 valence electrons. The van der Waals surface area contributed by atoms with Gasteiger partial charge in [-0.1, -0.05) is 37.3 Å². The molecular formula is C19H23NO3. The Hall–Kier alpha value is -2.33. The van der Waals surface area contributed by atoms with Crippen LogP contribution in [-0.4, -0.2) is 19.7 Å². The highest BCUT2D eigenvalue weighted by Crippen LogP contribution is 2.27. The van der Waals surface area contributed by atoms with Gasteiger partial charge in [-0.05, 0) is 35.2 Å². The molecule has 23 heavy (non-hydrogen) atoms. The van der Waals surface area contributed by atoms with Gasteiger partial charge in [-0.2, -0.15) is 0 Å². The zero-order valence-electron chi connectivity index (χ0n) is 13.7. The van der Waals surface area contributed by atoms with Crippen molar-refractivity contribution < 1.29 is 14.3 Å². The van der Waals surface area contributed by atoms with Crippen molar-refractivity contribution in [2.45, 2.75) is 26.3 Å². The van der Waals surface area contributed by atoms with Crippen LogP contribution in [-0.2, 0) is 22.5 Å². The van der Waals surface area contributed by atoms with E-state index in [0.717, 1.165) is 34.4 Å². The van der Waals surface area contributed by atoms with E-state index in [0.29, 0.717) is 13.2 Å². The van der Waals surface area contributed by atoms with Gasteiger partial charge in [0.2, 0.25) is 0 Å². The molecule has 0 bridgehead atoms. The van der Waals surface area contributed by atoms with Gasteiger partial charge in [-0.3, -0.25) is 4.79 Å². The summed E-state index contributed by atoms with van der Waals surface area (Å²) in [4.78, 5) is 11.4. The summed E-state index contributed by atoms with van der Waals surface area (Å²) in [5.74, 6) is 0.594. The van der Waals surface area contributed by atoms with Crippen LogP contribution in [0.2, 0.25) is 0 Å². The highest BCUT2D eigenvalue weighted by atomic mass is 16.5. The number of nitrogens with two attached hydrogens (primary N) is 1. The monoisotopic (exact) mass is 313 g/mol. The van der Waals surface area contributed by atoms with Crippen LogP contribution in [0.4, 0.5) is 0 Å². The zero-order valence-corrected chi connectivity index (χ0v) is 13.7. The van der Waals surface area contributed by atoms with E-state index in [1.165, 1.54) is 7.11 Å². The minimum absolute atomic E-state index is 0.242. The van der Waals surface area contributed by atoms with E-state index < -0.39 is 0 Å². The second-order valence-corrected chi connectivity index (χ2v) is 5.33. The molecule has 0 amide bonds. The SMILES string of the molecule is CCCOc1ccc(-c2cccc(CC(=O)OC)c2)cc1CN. The van der Waals surface area contributed by atoms with Crippen LogP contribution in [0.5, 0.6) is 5.75 Å². The molecule has 0 unspecified atom stereocenters. The van der Waals surface area contributed by atoms with E-state index in [-0.39, 0.29) is 12.4 Å². The van der Waals surface area contributed by atoms with E-state index in [2.05, 4.69) is 6.92 Å². The molecular weight excluding hydrogens is 290 g/mol. The van der Waals surface area contributed by atoms with Gasteiger partial charge in [0, 0.05) is 12.1 Å². The predicted molar refractivity (Wildman–Crippen MR) is 91.3 cm³/mol. The molecule has 2 aromatic carbocycles. The molecule has 0 radical (unpaired) electrons. The van der Waals surface area contributed by atoms with E-state index in [4.69, 9.17) is 15.2 Å². The Kier molecular flexibility index (Phi) is 6.18. The van der Waals surface area contributed by atoms with Crippen molar-refractivity contribution in [1.29, 1.82) is 0 Å². The fourth-order valence-corrected chi connectivity index (χ4v) is 2.37. The van der Waals surface area contributed by atoms with Crippen molar-refractivity contribution >= 4 is 5.97 Å². The number of benzene rings is 2. The second kappa shape index (κ2) is 8.34. The van der Waals surface area contributed by atoms with Crippen LogP contribution in [0.3, 0.4) is 0 Å². The van der Waals surface area contributed by atoms with Crippen LogP contribution >= 0.6 is 0 Å². The van der Waals surface area contributed by atoms with Crippen LogP contribution in [0.15, 0.2) is 42.5 Å². The Bertz CT molecular complexity index is 667. The van der Waals surface area contributed by atoms with E-state index in [1.807, 2.05) is 42.5 Å². The highest BCUT2D eigenvalue weighted by molar-refractivity contribution is 5.74. The number of ether oxygens (including phenoxy) is 2. The van der Waals surface area contributed by atoms with Gasteiger partial charge < -0.3 is 15.2 Å². The average molecular weight is 313 g/mol. The number of hydrogen-bond acceptors (Lipinski definition) is 4. The lowest BCUT2D eigenvalue weighted by Gasteiger charge is -2.12. The molecule has 0 aliphatic heterocycles. The number of carbonyl (C=O) groups is 1. The molecule has 4 nitrogen and oxygen atoms in total. The molecule has 0 atom stereocenters. The lowest BCUT2D eigenvalue weighted by molar-refractivity contribution is -0.139. The molecule has 0 fully saturated rings. The van der Waals surface area contributed by atoms with Crippen molar-refractivity contribution in [3.8, 4) is 16.9 Å². The molecule has 0 saturated heterocycles. The molecule has 2 rings (SSSR count). The third kappa shape index (κ3) is 4.57. The molecule has 2 N–H and O–H groups in total. The van der Waals surface area contributed by atoms with Gasteiger partial charge in [0.1, 0.15) is 5.75 Å². The van der Waals surface area contributed by atoms with Crippen LogP contribution in [0.1, 0.15) is 24.5 Å². The lowest BCUT2D eigenvalue weighted by Crippen LogP contribution is -2.04. The Morgan fingerprint density at radius 3 is 2.61 bits per heavy atom. The summed E-state index contributed by atoms with van der Waals surface area (Å²) >= 11 is 0. The first-order valence-electron chi connectivity index (χ1n) is 7.79. The van der Waals surface area contributed by atoms with Gasteiger partial charge in [-0.15, -0.1) is 0 Å². The van der Waals surface area contributed by atoms with Crippen molar-refractivity contribution in [3.05, 3.63) is 53.6 Å². The second-order valence-electron chi connectivity index (χ2n) is 5.33. The maximum Gasteiger partial charge on any atom is 0.309 e. The highest BCUT2D eigenvalue weighted by Gasteiger charge is 2.08. The molecule has 0 aromatic heterocycles. The topological polar surface area (TPSA) is 61.5 Å². The van der Waals surface area contributed by atoms with Crippen molar-refractivity contribution in [2.75, 3.05) is 13.7 Å². The van der Waals surface area contributed by atoms with Crippen molar-refractivity contribution in [3.63, 3.8) is 0 Å². The molecule has 0 aliphatic carbocycles. The largest absolute Gasteiger partial charge is 0.493 e. The first-order valence-corrected chi connectivity index (χ1v) is 7.79. The number of hydrogen-bond donors (Lipinski definition) is 1. The quantitative estimate of drug-likeness (QED) is 0.797. The fourth-order valence-electron chi connectivity index (χ4n) is 2.37. The maximum absolute atomic E-state index is 11.4. The molecule has 4 heteroatoms. The van der Waals surface area contributed by atoms with Gasteiger partial charge >= 0.3 is 5.97 Å². The summed E-state index contributed by atoms with van der Waals surface area (Å²) in [5, 5.41) is 0. The third-order valence-corrected chi connectivity index (χ3v) is 3.58. The van der Waals surface area contributed by atoms with E-state index >= 15 is 0 Å².